The van der Waals surface area contributed by atoms with Gasteiger partial charge in [0.25, 0.3) is 0 Å². The second kappa shape index (κ2) is 7.49. The fraction of sp³-hybridized carbons (Fsp3) is 0.130. The fourth-order valence-corrected chi connectivity index (χ4v) is 4.65. The number of para-hydroxylation sites is 1. The Labute approximate surface area is 170 Å². The van der Waals surface area contributed by atoms with Crippen LogP contribution in [0, 0.1) is 0 Å². The van der Waals surface area contributed by atoms with Crippen molar-refractivity contribution in [2.24, 2.45) is 0 Å². The summed E-state index contributed by atoms with van der Waals surface area (Å²) in [5, 5.41) is 0. The molecular formula is C23H20O3S2. The molecule has 1 aliphatic rings. The van der Waals surface area contributed by atoms with Crippen LogP contribution in [0.25, 0.3) is 11.3 Å². The second-order valence-electron chi connectivity index (χ2n) is 6.69. The molecule has 0 unspecified atom stereocenters. The van der Waals surface area contributed by atoms with Crippen LogP contribution in [0.3, 0.4) is 0 Å². The van der Waals surface area contributed by atoms with E-state index in [1.807, 2.05) is 42.5 Å². The first-order chi connectivity index (χ1) is 13.5. The zero-order chi connectivity index (χ0) is 19.7. The van der Waals surface area contributed by atoms with E-state index in [1.165, 1.54) is 11.2 Å². The van der Waals surface area contributed by atoms with Crippen molar-refractivity contribution < 1.29 is 13.2 Å². The van der Waals surface area contributed by atoms with Gasteiger partial charge in [0, 0.05) is 28.7 Å². The van der Waals surface area contributed by atoms with Gasteiger partial charge in [-0.25, -0.2) is 8.42 Å². The van der Waals surface area contributed by atoms with Gasteiger partial charge >= 0.3 is 0 Å². The molecular weight excluding hydrogens is 388 g/mol. The molecule has 3 nitrogen and oxygen atoms in total. The third kappa shape index (κ3) is 3.60. The summed E-state index contributed by atoms with van der Waals surface area (Å²) in [5.41, 5.74) is 4.26. The normalized spacial score (nSPS) is 13.8. The first-order valence-electron chi connectivity index (χ1n) is 8.90. The van der Waals surface area contributed by atoms with Crippen molar-refractivity contribution in [2.75, 3.05) is 12.5 Å². The van der Waals surface area contributed by atoms with E-state index in [9.17, 15) is 8.42 Å². The molecule has 0 radical (unpaired) electrons. The van der Waals surface area contributed by atoms with Crippen molar-refractivity contribution in [3.63, 3.8) is 0 Å². The van der Waals surface area contributed by atoms with Crippen LogP contribution in [0.5, 0.6) is 5.75 Å². The molecule has 0 bridgehead atoms. The largest absolute Gasteiger partial charge is 0.456 e. The maximum atomic E-state index is 11.8. The van der Waals surface area contributed by atoms with Crippen LogP contribution in [0.2, 0.25) is 0 Å². The lowest BCUT2D eigenvalue weighted by molar-refractivity contribution is 0.502. The van der Waals surface area contributed by atoms with Crippen LogP contribution in [-0.2, 0) is 16.3 Å². The van der Waals surface area contributed by atoms with E-state index in [2.05, 4.69) is 24.5 Å². The Bertz CT molecular complexity index is 1160. The standard InChI is InChI=1S/C23H20O3S2/c1-27-22-10-6-4-8-19(22)20-15-17-7-3-5-9-21(17)26-23(20)16-11-13-18(14-12-16)28(2,24)25/h3-14H,15H2,1-2H3. The van der Waals surface area contributed by atoms with E-state index in [1.54, 1.807) is 23.9 Å². The van der Waals surface area contributed by atoms with Gasteiger partial charge in [0.05, 0.1) is 4.90 Å². The Morgan fingerprint density at radius 3 is 2.29 bits per heavy atom. The van der Waals surface area contributed by atoms with Crippen molar-refractivity contribution in [3.8, 4) is 5.75 Å². The number of fused-ring (bicyclic) bond motifs is 1. The number of ether oxygens (including phenoxy) is 1. The molecule has 0 N–H and O–H groups in total. The van der Waals surface area contributed by atoms with Crippen molar-refractivity contribution in [3.05, 3.63) is 89.5 Å². The van der Waals surface area contributed by atoms with Gasteiger partial charge in [-0.2, -0.15) is 0 Å². The first kappa shape index (κ1) is 18.8. The Kier molecular flexibility index (Phi) is 5.04. The quantitative estimate of drug-likeness (QED) is 0.548. The average molecular weight is 409 g/mol. The van der Waals surface area contributed by atoms with Gasteiger partial charge in [0.15, 0.2) is 9.84 Å². The summed E-state index contributed by atoms with van der Waals surface area (Å²) in [6.07, 6.45) is 4.04. The van der Waals surface area contributed by atoms with Crippen LogP contribution in [-0.4, -0.2) is 20.9 Å². The van der Waals surface area contributed by atoms with Gasteiger partial charge in [0.2, 0.25) is 0 Å². The monoisotopic (exact) mass is 408 g/mol. The second-order valence-corrected chi connectivity index (χ2v) is 9.55. The molecule has 3 aromatic carbocycles. The maximum Gasteiger partial charge on any atom is 0.175 e. The Morgan fingerprint density at radius 2 is 1.57 bits per heavy atom. The minimum absolute atomic E-state index is 0.305. The van der Waals surface area contributed by atoms with Crippen molar-refractivity contribution in [1.29, 1.82) is 0 Å². The van der Waals surface area contributed by atoms with Gasteiger partial charge in [-0.1, -0.05) is 36.4 Å². The number of hydrogen-bond donors (Lipinski definition) is 0. The lowest BCUT2D eigenvalue weighted by Gasteiger charge is -2.25. The smallest absolute Gasteiger partial charge is 0.175 e. The summed E-state index contributed by atoms with van der Waals surface area (Å²) in [5.74, 6) is 1.62. The van der Waals surface area contributed by atoms with Gasteiger partial charge in [-0.15, -0.1) is 11.8 Å². The molecule has 0 spiro atoms. The molecule has 142 valence electrons. The highest BCUT2D eigenvalue weighted by atomic mass is 32.2. The molecule has 0 aromatic heterocycles. The summed E-state index contributed by atoms with van der Waals surface area (Å²) in [7, 11) is -3.24. The number of sulfone groups is 1. The van der Waals surface area contributed by atoms with Crippen LogP contribution in [0.1, 0.15) is 16.7 Å². The molecule has 3 aromatic rings. The SMILES string of the molecule is CSc1ccccc1C1=C(c2ccc(S(C)(=O)=O)cc2)Oc2ccccc2C1. The molecule has 0 amide bonds. The van der Waals surface area contributed by atoms with Crippen LogP contribution >= 0.6 is 11.8 Å². The van der Waals surface area contributed by atoms with Crippen molar-refractivity contribution in [1.82, 2.24) is 0 Å². The number of hydrogen-bond acceptors (Lipinski definition) is 4. The van der Waals surface area contributed by atoms with E-state index in [0.717, 1.165) is 40.2 Å². The Hall–Kier alpha value is -2.50. The first-order valence-corrected chi connectivity index (χ1v) is 12.0. The number of benzene rings is 3. The molecule has 0 aliphatic carbocycles. The molecule has 0 fully saturated rings. The Morgan fingerprint density at radius 1 is 0.893 bits per heavy atom. The van der Waals surface area contributed by atoms with Crippen molar-refractivity contribution in [2.45, 2.75) is 16.2 Å². The van der Waals surface area contributed by atoms with Crippen molar-refractivity contribution >= 4 is 32.9 Å². The van der Waals surface area contributed by atoms with E-state index in [-0.39, 0.29) is 0 Å². The minimum Gasteiger partial charge on any atom is -0.456 e. The fourth-order valence-electron chi connectivity index (χ4n) is 3.39. The molecule has 28 heavy (non-hydrogen) atoms. The van der Waals surface area contributed by atoms with E-state index in [0.29, 0.717) is 4.90 Å². The predicted molar refractivity (Wildman–Crippen MR) is 115 cm³/mol. The van der Waals surface area contributed by atoms with Crippen LogP contribution in [0.4, 0.5) is 0 Å². The molecule has 1 aliphatic heterocycles. The minimum atomic E-state index is -3.24. The van der Waals surface area contributed by atoms with Crippen LogP contribution < -0.4 is 4.74 Å². The van der Waals surface area contributed by atoms with E-state index in [4.69, 9.17) is 4.74 Å². The highest BCUT2D eigenvalue weighted by molar-refractivity contribution is 7.98. The van der Waals surface area contributed by atoms with E-state index < -0.39 is 9.84 Å². The van der Waals surface area contributed by atoms with Crippen LogP contribution in [0.15, 0.2) is 82.6 Å². The molecule has 0 atom stereocenters. The number of rotatable bonds is 4. The number of thioether (sulfide) groups is 1. The molecule has 5 heteroatoms. The van der Waals surface area contributed by atoms with Gasteiger partial charge < -0.3 is 4.74 Å². The van der Waals surface area contributed by atoms with Gasteiger partial charge in [-0.3, -0.25) is 0 Å². The molecule has 1 heterocycles. The maximum absolute atomic E-state index is 11.8. The highest BCUT2D eigenvalue weighted by Gasteiger charge is 2.23. The highest BCUT2D eigenvalue weighted by Crippen LogP contribution is 2.41. The summed E-state index contributed by atoms with van der Waals surface area (Å²) < 4.78 is 29.9. The lowest BCUT2D eigenvalue weighted by Crippen LogP contribution is -2.10. The molecule has 0 saturated carbocycles. The number of allylic oxidation sites excluding steroid dienone is 1. The predicted octanol–water partition coefficient (Wildman–Crippen LogP) is 5.32. The summed E-state index contributed by atoms with van der Waals surface area (Å²) >= 11 is 1.70. The van der Waals surface area contributed by atoms with Gasteiger partial charge in [-0.05, 0) is 53.8 Å². The summed E-state index contributed by atoms with van der Waals surface area (Å²) in [6, 6.07) is 23.2. The third-order valence-electron chi connectivity index (χ3n) is 4.80. The lowest BCUT2D eigenvalue weighted by atomic mass is 9.92. The third-order valence-corrected chi connectivity index (χ3v) is 6.73. The topological polar surface area (TPSA) is 43.4 Å². The summed E-state index contributed by atoms with van der Waals surface area (Å²) in [4.78, 5) is 1.49. The van der Waals surface area contributed by atoms with E-state index >= 15 is 0 Å². The summed E-state index contributed by atoms with van der Waals surface area (Å²) in [6.45, 7) is 0. The zero-order valence-corrected chi connectivity index (χ0v) is 17.3. The zero-order valence-electron chi connectivity index (χ0n) is 15.7. The Balaban J connectivity index is 1.89. The average Bonchev–Trinajstić information content (AvgIpc) is 2.72. The van der Waals surface area contributed by atoms with Gasteiger partial charge in [0.1, 0.15) is 11.5 Å². The molecule has 4 rings (SSSR count). The molecule has 0 saturated heterocycles.